The van der Waals surface area contributed by atoms with E-state index in [4.69, 9.17) is 9.05 Å². The normalized spacial score (nSPS) is 14.5. The van der Waals surface area contributed by atoms with Gasteiger partial charge in [0, 0.05) is 6.42 Å². The summed E-state index contributed by atoms with van der Waals surface area (Å²) in [7, 11) is 1.54. The van der Waals surface area contributed by atoms with E-state index in [2.05, 4.69) is 104 Å². The first-order chi connectivity index (χ1) is 37.0. The minimum Gasteiger partial charge on any atom is -0.387 e. The molecular formula is C67H122N2O6P+. The molecule has 0 radical (unpaired) electrons. The molecule has 0 saturated carbocycles. The van der Waals surface area contributed by atoms with Crippen LogP contribution in [0.2, 0.25) is 0 Å². The van der Waals surface area contributed by atoms with Gasteiger partial charge in [-0.25, -0.2) is 4.57 Å². The molecule has 0 spiro atoms. The van der Waals surface area contributed by atoms with Crippen molar-refractivity contribution in [2.75, 3.05) is 40.9 Å². The highest BCUT2D eigenvalue weighted by molar-refractivity contribution is 7.47. The largest absolute Gasteiger partial charge is 0.472 e. The lowest BCUT2D eigenvalue weighted by molar-refractivity contribution is -0.870. The Morgan fingerprint density at radius 2 is 0.803 bits per heavy atom. The van der Waals surface area contributed by atoms with Crippen molar-refractivity contribution in [3.63, 3.8) is 0 Å². The number of phosphoric acid groups is 1. The summed E-state index contributed by atoms with van der Waals surface area (Å²) < 4.78 is 23.7. The van der Waals surface area contributed by atoms with E-state index in [0.717, 1.165) is 77.0 Å². The van der Waals surface area contributed by atoms with Gasteiger partial charge in [-0.1, -0.05) is 272 Å². The molecule has 0 aromatic heterocycles. The molecule has 3 unspecified atom stereocenters. The summed E-state index contributed by atoms with van der Waals surface area (Å²) >= 11 is 0. The highest BCUT2D eigenvalue weighted by Gasteiger charge is 2.27. The predicted octanol–water partition coefficient (Wildman–Crippen LogP) is 19.8. The Bertz CT molecular complexity index is 1560. The van der Waals surface area contributed by atoms with Crippen LogP contribution < -0.4 is 5.32 Å². The first-order valence-corrected chi connectivity index (χ1v) is 33.1. The number of carbonyl (C=O) groups is 1. The van der Waals surface area contributed by atoms with Crippen molar-refractivity contribution in [3.05, 3.63) is 97.2 Å². The third-order valence-electron chi connectivity index (χ3n) is 13.8. The minimum absolute atomic E-state index is 0.0503. The van der Waals surface area contributed by atoms with Crippen LogP contribution in [-0.4, -0.2) is 73.4 Å². The van der Waals surface area contributed by atoms with E-state index in [9.17, 15) is 19.4 Å². The molecule has 440 valence electrons. The lowest BCUT2D eigenvalue weighted by atomic mass is 10.0. The van der Waals surface area contributed by atoms with E-state index >= 15 is 0 Å². The number of aliphatic hydroxyl groups is 1. The Morgan fingerprint density at radius 1 is 0.461 bits per heavy atom. The molecule has 1 amide bonds. The van der Waals surface area contributed by atoms with Crippen molar-refractivity contribution >= 4 is 13.7 Å². The van der Waals surface area contributed by atoms with Gasteiger partial charge in [-0.3, -0.25) is 13.8 Å². The van der Waals surface area contributed by atoms with E-state index < -0.39 is 20.0 Å². The van der Waals surface area contributed by atoms with Crippen molar-refractivity contribution < 1.29 is 32.9 Å². The molecule has 8 nitrogen and oxygen atoms in total. The van der Waals surface area contributed by atoms with Crippen LogP contribution >= 0.6 is 7.82 Å². The first-order valence-electron chi connectivity index (χ1n) is 31.6. The maximum atomic E-state index is 13.0. The Labute approximate surface area is 470 Å². The van der Waals surface area contributed by atoms with Crippen LogP contribution in [0.3, 0.4) is 0 Å². The maximum absolute atomic E-state index is 13.0. The van der Waals surface area contributed by atoms with Crippen molar-refractivity contribution in [3.8, 4) is 0 Å². The van der Waals surface area contributed by atoms with Gasteiger partial charge in [0.25, 0.3) is 0 Å². The Balaban J connectivity index is 4.19. The van der Waals surface area contributed by atoms with E-state index in [1.54, 1.807) is 6.08 Å². The number of nitrogens with one attached hydrogen (secondary N) is 1. The number of amides is 1. The highest BCUT2D eigenvalue weighted by atomic mass is 31.2. The molecule has 0 aliphatic heterocycles. The Morgan fingerprint density at radius 3 is 1.21 bits per heavy atom. The molecule has 0 aliphatic rings. The zero-order valence-electron chi connectivity index (χ0n) is 50.2. The number of hydrogen-bond acceptors (Lipinski definition) is 5. The van der Waals surface area contributed by atoms with Gasteiger partial charge in [-0.2, -0.15) is 0 Å². The Kier molecular flexibility index (Phi) is 55.2. The zero-order chi connectivity index (χ0) is 55.6. The summed E-state index contributed by atoms with van der Waals surface area (Å²) in [4.78, 5) is 23.4. The average Bonchev–Trinajstić information content (AvgIpc) is 3.38. The maximum Gasteiger partial charge on any atom is 0.472 e. The van der Waals surface area contributed by atoms with Crippen LogP contribution in [0.4, 0.5) is 0 Å². The van der Waals surface area contributed by atoms with Gasteiger partial charge in [-0.05, 0) is 89.9 Å². The van der Waals surface area contributed by atoms with Gasteiger partial charge in [0.15, 0.2) is 0 Å². The zero-order valence-corrected chi connectivity index (χ0v) is 51.1. The van der Waals surface area contributed by atoms with Crippen molar-refractivity contribution in [2.24, 2.45) is 0 Å². The number of aliphatic hydroxyl groups excluding tert-OH is 1. The molecule has 0 aromatic rings. The van der Waals surface area contributed by atoms with Crippen LogP contribution in [0, 0.1) is 0 Å². The van der Waals surface area contributed by atoms with E-state index in [0.29, 0.717) is 17.4 Å². The molecule has 0 rings (SSSR count). The van der Waals surface area contributed by atoms with E-state index in [1.807, 2.05) is 27.2 Å². The molecule has 0 fully saturated rings. The molecular weight excluding hydrogens is 960 g/mol. The molecule has 9 heteroatoms. The summed E-state index contributed by atoms with van der Waals surface area (Å²) in [6, 6.07) is -0.876. The lowest BCUT2D eigenvalue weighted by Crippen LogP contribution is -2.45. The van der Waals surface area contributed by atoms with Gasteiger partial charge in [0.2, 0.25) is 5.91 Å². The fraction of sp³-hybridized carbons (Fsp3) is 0.746. The number of allylic oxidation sites excluding steroid dienone is 15. The van der Waals surface area contributed by atoms with Crippen LogP contribution in [0.1, 0.15) is 271 Å². The number of hydrogen-bond donors (Lipinski definition) is 3. The quantitative estimate of drug-likeness (QED) is 0.0243. The summed E-state index contributed by atoms with van der Waals surface area (Å²) in [5.74, 6) is -0.192. The highest BCUT2D eigenvalue weighted by Crippen LogP contribution is 2.43. The van der Waals surface area contributed by atoms with Crippen molar-refractivity contribution in [1.29, 1.82) is 0 Å². The second-order valence-corrected chi connectivity index (χ2v) is 23.8. The number of phosphoric ester groups is 1. The summed E-state index contributed by atoms with van der Waals surface area (Å²) in [6.07, 6.45) is 82.4. The second kappa shape index (κ2) is 57.1. The number of unbranched alkanes of at least 4 members (excludes halogenated alkanes) is 30. The van der Waals surface area contributed by atoms with Crippen molar-refractivity contribution in [1.82, 2.24) is 5.32 Å². The summed E-state index contributed by atoms with van der Waals surface area (Å²) in [5.41, 5.74) is 0. The SMILES string of the molecule is CC/C=C\C/C=C\C/C=C\C/C=C\C/C=C\CCCCCCCCCCCCCCCCCC(=O)NC(COP(=O)(O)OCC[N+](C)(C)C)C(O)/C=C/CC/C=C/CC/C=C/CCCCCCCCCCCCCCC. The smallest absolute Gasteiger partial charge is 0.387 e. The van der Waals surface area contributed by atoms with Crippen LogP contribution in [0.25, 0.3) is 0 Å². The number of rotatable bonds is 57. The number of likely N-dealkylation sites (N-methyl/N-ethyl adjacent to an activating group) is 1. The number of quaternary nitrogens is 1. The summed E-state index contributed by atoms with van der Waals surface area (Å²) in [6.45, 7) is 4.69. The standard InChI is InChI=1S/C67H121N2O6P/c1-6-8-10-12-14-16-18-20-22-24-26-28-30-31-32-33-34-35-36-37-39-41-43-45-47-49-51-53-55-57-59-61-67(71)68-65(64-75-76(72,73)74-63-62-69(3,4)5)66(70)60-58-56-54-52-50-48-46-44-42-40-38-29-27-25-23-21-19-17-15-13-11-9-7-2/h8,10,14,16,20,22,26,28,31-32,42,44,50,52,58,60,65-66,70H,6-7,9,11-13,15,17-19,21,23-25,27,29-30,33-41,43,45-49,51,53-57,59,61-64H2,1-5H3,(H-,68,71,72,73)/p+1/b10-8-,16-14-,22-20-,28-26-,32-31-,44-42+,52-50+,60-58+. The monoisotopic (exact) mass is 1080 g/mol. The van der Waals surface area contributed by atoms with Gasteiger partial charge in [-0.15, -0.1) is 0 Å². The topological polar surface area (TPSA) is 105 Å². The molecule has 0 saturated heterocycles. The summed E-state index contributed by atoms with van der Waals surface area (Å²) in [5, 5.41) is 13.9. The van der Waals surface area contributed by atoms with Crippen LogP contribution in [-0.2, 0) is 18.4 Å². The molecule has 0 aliphatic carbocycles. The second-order valence-electron chi connectivity index (χ2n) is 22.4. The molecule has 0 bridgehead atoms. The van der Waals surface area contributed by atoms with Crippen LogP contribution in [0.5, 0.6) is 0 Å². The molecule has 0 aromatic carbocycles. The third-order valence-corrected chi connectivity index (χ3v) is 14.7. The van der Waals surface area contributed by atoms with Gasteiger partial charge < -0.3 is 19.8 Å². The number of nitrogens with zero attached hydrogens (tertiary/aromatic N) is 1. The average molecular weight is 1080 g/mol. The first kappa shape index (κ1) is 73.4. The van der Waals surface area contributed by atoms with Gasteiger partial charge in [0.05, 0.1) is 39.9 Å². The molecule has 3 N–H and O–H groups in total. The lowest BCUT2D eigenvalue weighted by Gasteiger charge is -2.25. The third kappa shape index (κ3) is 59.1. The van der Waals surface area contributed by atoms with Crippen LogP contribution in [0.15, 0.2) is 97.2 Å². The fourth-order valence-corrected chi connectivity index (χ4v) is 9.60. The van der Waals surface area contributed by atoms with Crippen molar-refractivity contribution in [2.45, 2.75) is 283 Å². The molecule has 76 heavy (non-hydrogen) atoms. The van der Waals surface area contributed by atoms with E-state index in [-0.39, 0.29) is 19.1 Å². The Hall–Kier alpha value is -2.58. The van der Waals surface area contributed by atoms with Gasteiger partial charge in [0.1, 0.15) is 13.2 Å². The predicted molar refractivity (Wildman–Crippen MR) is 332 cm³/mol. The molecule has 0 heterocycles. The number of carbonyl (C=O) groups excluding carboxylic acids is 1. The minimum atomic E-state index is -4.37. The fourth-order valence-electron chi connectivity index (χ4n) is 8.87. The van der Waals surface area contributed by atoms with Gasteiger partial charge >= 0.3 is 7.82 Å². The van der Waals surface area contributed by atoms with E-state index in [1.165, 1.54) is 173 Å². The molecule has 3 atom stereocenters.